The van der Waals surface area contributed by atoms with E-state index in [0.29, 0.717) is 13.1 Å². The van der Waals surface area contributed by atoms with Crippen molar-refractivity contribution in [2.45, 2.75) is 38.8 Å². The highest BCUT2D eigenvalue weighted by atomic mass is 16.2. The zero-order chi connectivity index (χ0) is 17.4. The van der Waals surface area contributed by atoms with Crippen LogP contribution in [0.4, 0.5) is 0 Å². The van der Waals surface area contributed by atoms with Gasteiger partial charge < -0.3 is 11.1 Å². The Morgan fingerprint density at radius 2 is 1.67 bits per heavy atom. The number of carbonyl (C=O) groups is 1. The zero-order valence-corrected chi connectivity index (χ0v) is 15.1. The highest BCUT2D eigenvalue weighted by molar-refractivity contribution is 5.78. The van der Waals surface area contributed by atoms with Gasteiger partial charge in [0.1, 0.15) is 0 Å². The number of hydrogen-bond acceptors (Lipinski definition) is 4. The van der Waals surface area contributed by atoms with E-state index >= 15 is 0 Å². The maximum absolute atomic E-state index is 12.1. The first-order valence-electron chi connectivity index (χ1n) is 9.09. The average molecular weight is 332 g/mol. The predicted molar refractivity (Wildman–Crippen MR) is 98.7 cm³/mol. The third kappa shape index (κ3) is 5.89. The molecule has 1 aliphatic heterocycles. The van der Waals surface area contributed by atoms with Crippen molar-refractivity contribution >= 4 is 5.91 Å². The van der Waals surface area contributed by atoms with Gasteiger partial charge in [-0.15, -0.1) is 0 Å². The lowest BCUT2D eigenvalue weighted by Gasteiger charge is -2.34. The van der Waals surface area contributed by atoms with E-state index in [2.05, 4.69) is 53.2 Å². The molecule has 0 unspecified atom stereocenters. The van der Waals surface area contributed by atoms with Crippen LogP contribution in [0.2, 0.25) is 0 Å². The van der Waals surface area contributed by atoms with Crippen molar-refractivity contribution in [2.24, 2.45) is 5.73 Å². The molecule has 0 aliphatic carbocycles. The van der Waals surface area contributed by atoms with Gasteiger partial charge in [0.25, 0.3) is 0 Å². The van der Waals surface area contributed by atoms with Gasteiger partial charge in [-0.3, -0.25) is 14.6 Å². The molecule has 0 spiro atoms. The zero-order valence-electron chi connectivity index (χ0n) is 15.1. The lowest BCUT2D eigenvalue weighted by Crippen LogP contribution is -2.53. The molecule has 5 nitrogen and oxygen atoms in total. The fourth-order valence-electron chi connectivity index (χ4n) is 2.98. The number of nitrogens with one attached hydrogen (secondary N) is 1. The van der Waals surface area contributed by atoms with Crippen molar-refractivity contribution in [3.05, 3.63) is 35.9 Å². The smallest absolute Gasteiger partial charge is 0.234 e. The SMILES string of the molecule is CCC(N)(CC)CNC(=O)CN1CCN(Cc2ccccc2)CC1. The van der Waals surface area contributed by atoms with Gasteiger partial charge in [-0.05, 0) is 18.4 Å². The number of nitrogens with zero attached hydrogens (tertiary/aromatic N) is 2. The van der Waals surface area contributed by atoms with Gasteiger partial charge in [-0.2, -0.15) is 0 Å². The summed E-state index contributed by atoms with van der Waals surface area (Å²) in [7, 11) is 0. The van der Waals surface area contributed by atoms with Crippen LogP contribution in [0.25, 0.3) is 0 Å². The highest BCUT2D eigenvalue weighted by Crippen LogP contribution is 2.10. The summed E-state index contributed by atoms with van der Waals surface area (Å²) in [5, 5.41) is 3.00. The Kier molecular flexibility index (Phi) is 7.21. The molecule has 0 saturated carbocycles. The molecule has 1 aromatic carbocycles. The average Bonchev–Trinajstić information content (AvgIpc) is 2.62. The Bertz CT molecular complexity index is 493. The third-order valence-electron chi connectivity index (χ3n) is 5.13. The molecule has 134 valence electrons. The molecule has 1 saturated heterocycles. The van der Waals surface area contributed by atoms with Crippen LogP contribution in [0.1, 0.15) is 32.3 Å². The summed E-state index contributed by atoms with van der Waals surface area (Å²) in [5.74, 6) is 0.0863. The molecule has 5 heteroatoms. The topological polar surface area (TPSA) is 61.6 Å². The molecule has 3 N–H and O–H groups in total. The fraction of sp³-hybridized carbons (Fsp3) is 0.632. The van der Waals surface area contributed by atoms with Crippen molar-refractivity contribution in [2.75, 3.05) is 39.3 Å². The van der Waals surface area contributed by atoms with Crippen molar-refractivity contribution < 1.29 is 4.79 Å². The fourth-order valence-corrected chi connectivity index (χ4v) is 2.98. The van der Waals surface area contributed by atoms with E-state index in [1.807, 2.05) is 6.07 Å². The van der Waals surface area contributed by atoms with Crippen LogP contribution in [-0.2, 0) is 11.3 Å². The minimum Gasteiger partial charge on any atom is -0.353 e. The van der Waals surface area contributed by atoms with Gasteiger partial charge in [0.2, 0.25) is 5.91 Å². The van der Waals surface area contributed by atoms with Crippen molar-refractivity contribution in [1.29, 1.82) is 0 Å². The number of piperazine rings is 1. The Balaban J connectivity index is 1.68. The second kappa shape index (κ2) is 9.16. The number of rotatable bonds is 8. The van der Waals surface area contributed by atoms with E-state index in [0.717, 1.165) is 45.6 Å². The Labute approximate surface area is 146 Å². The minimum atomic E-state index is -0.274. The van der Waals surface area contributed by atoms with E-state index in [9.17, 15) is 4.79 Å². The number of carbonyl (C=O) groups excluding carboxylic acids is 1. The van der Waals surface area contributed by atoms with Gasteiger partial charge in [-0.1, -0.05) is 44.2 Å². The van der Waals surface area contributed by atoms with Gasteiger partial charge >= 0.3 is 0 Å². The largest absolute Gasteiger partial charge is 0.353 e. The molecule has 1 amide bonds. The van der Waals surface area contributed by atoms with Crippen LogP contribution in [-0.4, -0.2) is 60.5 Å². The van der Waals surface area contributed by atoms with E-state index in [-0.39, 0.29) is 11.4 Å². The summed E-state index contributed by atoms with van der Waals surface area (Å²) in [6, 6.07) is 10.5. The van der Waals surface area contributed by atoms with E-state index in [1.165, 1.54) is 5.56 Å². The van der Waals surface area contributed by atoms with Gasteiger partial charge in [0.05, 0.1) is 6.54 Å². The Morgan fingerprint density at radius 3 is 2.25 bits per heavy atom. The summed E-state index contributed by atoms with van der Waals surface area (Å²) >= 11 is 0. The maximum Gasteiger partial charge on any atom is 0.234 e. The normalized spacial score (nSPS) is 17.0. The molecule has 24 heavy (non-hydrogen) atoms. The quantitative estimate of drug-likeness (QED) is 0.756. The summed E-state index contributed by atoms with van der Waals surface area (Å²) in [4.78, 5) is 16.8. The van der Waals surface area contributed by atoms with E-state index < -0.39 is 0 Å². The Morgan fingerprint density at radius 1 is 1.08 bits per heavy atom. The van der Waals surface area contributed by atoms with Gasteiger partial charge in [0.15, 0.2) is 0 Å². The second-order valence-corrected chi connectivity index (χ2v) is 6.88. The lowest BCUT2D eigenvalue weighted by atomic mass is 9.94. The van der Waals surface area contributed by atoms with Crippen molar-refractivity contribution in [1.82, 2.24) is 15.1 Å². The van der Waals surface area contributed by atoms with Crippen LogP contribution < -0.4 is 11.1 Å². The second-order valence-electron chi connectivity index (χ2n) is 6.88. The molecule has 0 radical (unpaired) electrons. The predicted octanol–water partition coefficient (Wildman–Crippen LogP) is 1.44. The van der Waals surface area contributed by atoms with Crippen LogP contribution in [0, 0.1) is 0 Å². The third-order valence-corrected chi connectivity index (χ3v) is 5.13. The van der Waals surface area contributed by atoms with Crippen LogP contribution >= 0.6 is 0 Å². The number of amides is 1. The minimum absolute atomic E-state index is 0.0863. The first kappa shape index (κ1) is 18.9. The molecule has 0 bridgehead atoms. The first-order valence-corrected chi connectivity index (χ1v) is 9.09. The number of hydrogen-bond donors (Lipinski definition) is 2. The van der Waals surface area contributed by atoms with Crippen LogP contribution in [0.5, 0.6) is 0 Å². The van der Waals surface area contributed by atoms with Crippen molar-refractivity contribution in [3.8, 4) is 0 Å². The molecule has 1 aromatic rings. The molecule has 0 aromatic heterocycles. The summed E-state index contributed by atoms with van der Waals surface area (Å²) in [5.41, 5.74) is 7.31. The Hall–Kier alpha value is -1.43. The van der Waals surface area contributed by atoms with Crippen molar-refractivity contribution in [3.63, 3.8) is 0 Å². The van der Waals surface area contributed by atoms with Crippen LogP contribution in [0.3, 0.4) is 0 Å². The summed E-state index contributed by atoms with van der Waals surface area (Å²) < 4.78 is 0. The standard InChI is InChI=1S/C19H32N4O/c1-3-19(20,4-2)16-21-18(24)15-23-12-10-22(11-13-23)14-17-8-6-5-7-9-17/h5-9H,3-4,10-16,20H2,1-2H3,(H,21,24). The summed E-state index contributed by atoms with van der Waals surface area (Å²) in [6.07, 6.45) is 1.75. The number of benzene rings is 1. The molecule has 1 aliphatic rings. The first-order chi connectivity index (χ1) is 11.5. The lowest BCUT2D eigenvalue weighted by molar-refractivity contribution is -0.123. The molecule has 2 rings (SSSR count). The molecule has 0 atom stereocenters. The molecular formula is C19H32N4O. The van der Waals surface area contributed by atoms with E-state index in [4.69, 9.17) is 5.73 Å². The molecular weight excluding hydrogens is 300 g/mol. The summed E-state index contributed by atoms with van der Waals surface area (Å²) in [6.45, 7) is 10.1. The van der Waals surface area contributed by atoms with Gasteiger partial charge in [0, 0.05) is 44.8 Å². The molecule has 1 heterocycles. The number of nitrogens with two attached hydrogens (primary N) is 1. The monoisotopic (exact) mass is 332 g/mol. The maximum atomic E-state index is 12.1. The molecule has 1 fully saturated rings. The van der Waals surface area contributed by atoms with Crippen LogP contribution in [0.15, 0.2) is 30.3 Å². The van der Waals surface area contributed by atoms with Gasteiger partial charge in [-0.25, -0.2) is 0 Å². The highest BCUT2D eigenvalue weighted by Gasteiger charge is 2.23. The van der Waals surface area contributed by atoms with E-state index in [1.54, 1.807) is 0 Å².